The topological polar surface area (TPSA) is 58.4 Å². The van der Waals surface area contributed by atoms with E-state index in [0.29, 0.717) is 41.9 Å². The Labute approximate surface area is 151 Å². The van der Waals surface area contributed by atoms with Crippen molar-refractivity contribution in [1.29, 1.82) is 0 Å². The van der Waals surface area contributed by atoms with Crippen LogP contribution in [0.1, 0.15) is 5.69 Å². The third kappa shape index (κ3) is 3.13. The van der Waals surface area contributed by atoms with Crippen molar-refractivity contribution in [3.63, 3.8) is 0 Å². The number of anilines is 1. The first-order chi connectivity index (χ1) is 11.3. The van der Waals surface area contributed by atoms with E-state index in [-0.39, 0.29) is 4.90 Å². The summed E-state index contributed by atoms with van der Waals surface area (Å²) in [6.45, 7) is 3.77. The molecule has 3 rings (SSSR count). The van der Waals surface area contributed by atoms with Crippen LogP contribution in [0.3, 0.4) is 0 Å². The highest BCUT2D eigenvalue weighted by Crippen LogP contribution is 2.28. The summed E-state index contributed by atoms with van der Waals surface area (Å²) in [5, 5.41) is 5.03. The molecule has 2 aromatic rings. The smallest absolute Gasteiger partial charge is 0.246 e. The van der Waals surface area contributed by atoms with Crippen molar-refractivity contribution in [1.82, 2.24) is 14.1 Å². The third-order valence-electron chi connectivity index (χ3n) is 4.31. The Morgan fingerprint density at radius 3 is 2.29 bits per heavy atom. The van der Waals surface area contributed by atoms with Crippen LogP contribution in [0.15, 0.2) is 29.3 Å². The van der Waals surface area contributed by atoms with Crippen molar-refractivity contribution in [2.45, 2.75) is 11.8 Å². The fourth-order valence-electron chi connectivity index (χ4n) is 2.74. The molecule has 0 aliphatic carbocycles. The molecule has 0 unspecified atom stereocenters. The third-order valence-corrected chi connectivity index (χ3v) is 7.06. The lowest BCUT2D eigenvalue weighted by Crippen LogP contribution is -2.48. The van der Waals surface area contributed by atoms with Crippen molar-refractivity contribution in [3.8, 4) is 0 Å². The Morgan fingerprint density at radius 2 is 1.75 bits per heavy atom. The molecule has 1 saturated heterocycles. The maximum atomic E-state index is 12.8. The van der Waals surface area contributed by atoms with Gasteiger partial charge in [-0.2, -0.15) is 9.40 Å². The number of aromatic nitrogens is 2. The van der Waals surface area contributed by atoms with Gasteiger partial charge in [0.05, 0.1) is 21.9 Å². The summed E-state index contributed by atoms with van der Waals surface area (Å²) in [6, 6.07) is 5.45. The molecule has 0 N–H and O–H groups in total. The molecule has 0 saturated carbocycles. The summed E-state index contributed by atoms with van der Waals surface area (Å²) in [4.78, 5) is 2.37. The Bertz CT molecular complexity index is 858. The van der Waals surface area contributed by atoms with E-state index in [1.165, 1.54) is 10.5 Å². The minimum absolute atomic E-state index is 0.271. The lowest BCUT2D eigenvalue weighted by Gasteiger charge is -2.35. The molecule has 0 amide bonds. The molecule has 0 radical (unpaired) electrons. The van der Waals surface area contributed by atoms with Crippen molar-refractivity contribution in [3.05, 3.63) is 40.1 Å². The van der Waals surface area contributed by atoms with Gasteiger partial charge in [-0.1, -0.05) is 23.2 Å². The van der Waals surface area contributed by atoms with Gasteiger partial charge in [0.2, 0.25) is 10.0 Å². The molecule has 1 aromatic heterocycles. The average molecular weight is 389 g/mol. The molecule has 0 atom stereocenters. The molecule has 0 spiro atoms. The summed E-state index contributed by atoms with van der Waals surface area (Å²) >= 11 is 12.0. The molecular formula is C15H18Cl2N4O2S. The van der Waals surface area contributed by atoms with Gasteiger partial charge in [0.25, 0.3) is 0 Å². The first-order valence-electron chi connectivity index (χ1n) is 7.49. The van der Waals surface area contributed by atoms with Gasteiger partial charge in [-0.15, -0.1) is 0 Å². The second-order valence-corrected chi connectivity index (χ2v) is 8.43. The molecule has 1 aromatic carbocycles. The summed E-state index contributed by atoms with van der Waals surface area (Å²) in [5.74, 6) is 0. The Balaban J connectivity index is 1.75. The number of sulfonamides is 1. The van der Waals surface area contributed by atoms with E-state index in [1.807, 2.05) is 6.07 Å². The van der Waals surface area contributed by atoms with Gasteiger partial charge in [0.1, 0.15) is 4.90 Å². The summed E-state index contributed by atoms with van der Waals surface area (Å²) in [6.07, 6.45) is 1.41. The summed E-state index contributed by atoms with van der Waals surface area (Å²) < 4.78 is 28.6. The predicted octanol–water partition coefficient (Wildman–Crippen LogP) is 2.55. The lowest BCUT2D eigenvalue weighted by atomic mass is 10.2. The quantitative estimate of drug-likeness (QED) is 0.810. The van der Waals surface area contributed by atoms with E-state index in [1.54, 1.807) is 30.8 Å². The lowest BCUT2D eigenvalue weighted by molar-refractivity contribution is 0.384. The summed E-state index contributed by atoms with van der Waals surface area (Å²) in [5.41, 5.74) is 1.58. The molecular weight excluding hydrogens is 371 g/mol. The molecule has 6 nitrogen and oxygen atoms in total. The molecule has 2 heterocycles. The number of nitrogens with zero attached hydrogens (tertiary/aromatic N) is 4. The van der Waals surface area contributed by atoms with E-state index < -0.39 is 10.0 Å². The van der Waals surface area contributed by atoms with E-state index in [9.17, 15) is 8.42 Å². The van der Waals surface area contributed by atoms with Crippen LogP contribution in [0.4, 0.5) is 5.69 Å². The van der Waals surface area contributed by atoms with E-state index in [0.717, 1.165) is 5.69 Å². The highest BCUT2D eigenvalue weighted by atomic mass is 35.5. The zero-order chi connectivity index (χ0) is 17.5. The number of piperazine rings is 1. The number of hydrogen-bond acceptors (Lipinski definition) is 4. The number of aryl methyl sites for hydroxylation is 1. The SMILES string of the molecule is Cc1c(S(=O)(=O)N2CCN(c3ccc(Cl)c(Cl)c3)CC2)cnn1C. The van der Waals surface area contributed by atoms with Crippen LogP contribution in [-0.4, -0.2) is 48.7 Å². The van der Waals surface area contributed by atoms with Gasteiger partial charge in [0, 0.05) is 38.9 Å². The van der Waals surface area contributed by atoms with Crippen molar-refractivity contribution in [2.75, 3.05) is 31.1 Å². The molecule has 1 aliphatic rings. The molecule has 24 heavy (non-hydrogen) atoms. The maximum Gasteiger partial charge on any atom is 0.246 e. The van der Waals surface area contributed by atoms with E-state index in [4.69, 9.17) is 23.2 Å². The minimum Gasteiger partial charge on any atom is -0.369 e. The zero-order valence-electron chi connectivity index (χ0n) is 13.4. The molecule has 0 bridgehead atoms. The van der Waals surface area contributed by atoms with Gasteiger partial charge < -0.3 is 4.90 Å². The first-order valence-corrected chi connectivity index (χ1v) is 9.69. The standard InChI is InChI=1S/C15H18Cl2N4O2S/c1-11-15(10-18-19(11)2)24(22,23)21-7-5-20(6-8-21)12-3-4-13(16)14(17)9-12/h3-4,9-10H,5-8H2,1-2H3. The first kappa shape index (κ1) is 17.5. The molecule has 9 heteroatoms. The number of hydrogen-bond donors (Lipinski definition) is 0. The van der Waals surface area contributed by atoms with Crippen molar-refractivity contribution >= 4 is 38.9 Å². The van der Waals surface area contributed by atoms with Crippen molar-refractivity contribution in [2.24, 2.45) is 7.05 Å². The molecule has 130 valence electrons. The van der Waals surface area contributed by atoms with Gasteiger partial charge >= 0.3 is 0 Å². The van der Waals surface area contributed by atoms with Gasteiger partial charge in [0.15, 0.2) is 0 Å². The van der Waals surface area contributed by atoms with Gasteiger partial charge in [-0.3, -0.25) is 4.68 Å². The average Bonchev–Trinajstić information content (AvgIpc) is 2.90. The fourth-order valence-corrected chi connectivity index (χ4v) is 4.64. The summed E-state index contributed by atoms with van der Waals surface area (Å²) in [7, 11) is -1.78. The second-order valence-electron chi connectivity index (χ2n) is 5.71. The number of halogens is 2. The van der Waals surface area contributed by atoms with Crippen LogP contribution in [0.5, 0.6) is 0 Å². The normalized spacial score (nSPS) is 16.6. The highest BCUT2D eigenvalue weighted by molar-refractivity contribution is 7.89. The minimum atomic E-state index is -3.52. The van der Waals surface area contributed by atoms with Crippen LogP contribution in [0.2, 0.25) is 10.0 Å². The fraction of sp³-hybridized carbons (Fsp3) is 0.400. The van der Waals surface area contributed by atoms with Crippen LogP contribution in [0.25, 0.3) is 0 Å². The Hall–Kier alpha value is -1.28. The molecule has 1 fully saturated rings. The van der Waals surface area contributed by atoms with Crippen LogP contribution in [0, 0.1) is 6.92 Å². The predicted molar refractivity (Wildman–Crippen MR) is 95.4 cm³/mol. The Kier molecular flexibility index (Phi) is 4.79. The number of benzene rings is 1. The van der Waals surface area contributed by atoms with Crippen LogP contribution < -0.4 is 4.90 Å². The van der Waals surface area contributed by atoms with Gasteiger partial charge in [-0.05, 0) is 25.1 Å². The van der Waals surface area contributed by atoms with Crippen LogP contribution >= 0.6 is 23.2 Å². The van der Waals surface area contributed by atoms with Crippen LogP contribution in [-0.2, 0) is 17.1 Å². The van der Waals surface area contributed by atoms with Crippen molar-refractivity contribution < 1.29 is 8.42 Å². The Morgan fingerprint density at radius 1 is 1.08 bits per heavy atom. The van der Waals surface area contributed by atoms with E-state index in [2.05, 4.69) is 10.00 Å². The highest BCUT2D eigenvalue weighted by Gasteiger charge is 2.31. The van der Waals surface area contributed by atoms with E-state index >= 15 is 0 Å². The largest absolute Gasteiger partial charge is 0.369 e. The monoisotopic (exact) mass is 388 g/mol. The number of rotatable bonds is 3. The molecule has 1 aliphatic heterocycles. The zero-order valence-corrected chi connectivity index (χ0v) is 15.7. The van der Waals surface area contributed by atoms with Gasteiger partial charge in [-0.25, -0.2) is 8.42 Å². The maximum absolute atomic E-state index is 12.8. The second kappa shape index (κ2) is 6.55.